The predicted octanol–water partition coefficient (Wildman–Crippen LogP) is 15.0. The van der Waals surface area contributed by atoms with E-state index in [1.807, 2.05) is 0 Å². The van der Waals surface area contributed by atoms with Crippen molar-refractivity contribution in [2.24, 2.45) is 0 Å². The molecule has 13 aromatic rings. The maximum Gasteiger partial charge on any atom is 0.143 e. The highest BCUT2D eigenvalue weighted by molar-refractivity contribution is 6.36. The molecule has 1 aromatic heterocycles. The van der Waals surface area contributed by atoms with Gasteiger partial charge in [-0.3, -0.25) is 0 Å². The second kappa shape index (κ2) is 9.88. The van der Waals surface area contributed by atoms with Gasteiger partial charge in [0.2, 0.25) is 0 Å². The zero-order valence-corrected chi connectivity index (χ0v) is 28.6. The maximum atomic E-state index is 7.09. The minimum Gasteiger partial charge on any atom is -0.455 e. The molecule has 0 saturated heterocycles. The molecule has 1 heteroatoms. The van der Waals surface area contributed by atoms with E-state index < -0.39 is 0 Å². The first-order valence-electron chi connectivity index (χ1n) is 18.4. The largest absolute Gasteiger partial charge is 0.455 e. The molecule has 53 heavy (non-hydrogen) atoms. The number of benzene rings is 12. The average Bonchev–Trinajstić information content (AvgIpc) is 3.59. The molecule has 0 aliphatic rings. The normalized spacial score (nSPS) is 12.5. The van der Waals surface area contributed by atoms with Gasteiger partial charge in [0.25, 0.3) is 0 Å². The summed E-state index contributed by atoms with van der Waals surface area (Å²) in [5, 5.41) is 22.8. The summed E-state index contributed by atoms with van der Waals surface area (Å²) in [5.74, 6) is 0. The number of rotatable bonds is 2. The highest BCUT2D eigenvalue weighted by Gasteiger charge is 2.23. The molecule has 0 radical (unpaired) electrons. The molecule has 0 unspecified atom stereocenters. The van der Waals surface area contributed by atoms with Crippen molar-refractivity contribution in [3.8, 4) is 22.3 Å². The molecular weight excluding hydrogens is 641 g/mol. The molecule has 0 aliphatic carbocycles. The van der Waals surface area contributed by atoms with Gasteiger partial charge in [0.15, 0.2) is 0 Å². The Hall–Kier alpha value is -6.96. The van der Waals surface area contributed by atoms with E-state index in [0.717, 1.165) is 27.5 Å². The molecule has 0 saturated carbocycles. The first-order valence-corrected chi connectivity index (χ1v) is 18.4. The lowest BCUT2D eigenvalue weighted by Gasteiger charge is -2.18. The first-order chi connectivity index (χ1) is 26.3. The highest BCUT2D eigenvalue weighted by atomic mass is 16.3. The van der Waals surface area contributed by atoms with Crippen molar-refractivity contribution in [1.82, 2.24) is 0 Å². The van der Waals surface area contributed by atoms with Crippen LogP contribution in [-0.4, -0.2) is 0 Å². The Morgan fingerprint density at radius 3 is 1.51 bits per heavy atom. The van der Waals surface area contributed by atoms with Gasteiger partial charge in [0.05, 0.1) is 0 Å². The third-order valence-electron chi connectivity index (χ3n) is 12.1. The number of furan rings is 1. The van der Waals surface area contributed by atoms with Crippen molar-refractivity contribution < 1.29 is 4.42 Å². The predicted molar refractivity (Wildman–Crippen MR) is 227 cm³/mol. The van der Waals surface area contributed by atoms with Crippen LogP contribution in [0.1, 0.15) is 0 Å². The van der Waals surface area contributed by atoms with E-state index in [9.17, 15) is 0 Å². The molecule has 12 aromatic carbocycles. The topological polar surface area (TPSA) is 13.1 Å². The van der Waals surface area contributed by atoms with Crippen molar-refractivity contribution in [2.45, 2.75) is 0 Å². The van der Waals surface area contributed by atoms with Gasteiger partial charge in [-0.15, -0.1) is 0 Å². The van der Waals surface area contributed by atoms with Crippen LogP contribution in [0.2, 0.25) is 0 Å². The molecule has 0 aliphatic heterocycles. The van der Waals surface area contributed by atoms with E-state index in [-0.39, 0.29) is 0 Å². The summed E-state index contributed by atoms with van der Waals surface area (Å²) in [6.07, 6.45) is 0. The molecule has 0 N–H and O–H groups in total. The van der Waals surface area contributed by atoms with Crippen LogP contribution in [0, 0.1) is 0 Å². The minimum atomic E-state index is 0.911. The van der Waals surface area contributed by atoms with Crippen LogP contribution >= 0.6 is 0 Å². The van der Waals surface area contributed by atoms with E-state index in [4.69, 9.17) is 4.42 Å². The lowest BCUT2D eigenvalue weighted by atomic mass is 9.85. The standard InChI is InChI=1S/C52H28O/c1-2-8-34-28-46-45(27-33(34)7-1)51-43(37-20-17-32-16-15-29-9-5-10-30-18-21-40(37)48(32)47(29)30)25-26-44(52(51)53-46)38-23-24-42-36-13-4-3-12-35(36)39-14-6-11-31-19-22-41(38)50(42)49(31)39/h1-28H. The minimum absolute atomic E-state index is 0.911. The van der Waals surface area contributed by atoms with Gasteiger partial charge < -0.3 is 4.42 Å². The van der Waals surface area contributed by atoms with Crippen LogP contribution in [-0.2, 0) is 0 Å². The van der Waals surface area contributed by atoms with Gasteiger partial charge in [-0.25, -0.2) is 0 Å². The molecule has 0 atom stereocenters. The summed E-state index contributed by atoms with van der Waals surface area (Å²) >= 11 is 0. The fourth-order valence-electron chi connectivity index (χ4n) is 9.83. The first kappa shape index (κ1) is 27.7. The van der Waals surface area contributed by atoms with Gasteiger partial charge in [0.1, 0.15) is 11.2 Å². The summed E-state index contributed by atoms with van der Waals surface area (Å²) in [6, 6.07) is 63.0. The Balaban J connectivity index is 1.17. The van der Waals surface area contributed by atoms with Crippen LogP contribution in [0.3, 0.4) is 0 Å². The molecule has 1 nitrogen and oxygen atoms in total. The molecule has 242 valence electrons. The summed E-state index contributed by atoms with van der Waals surface area (Å²) < 4.78 is 7.09. The Morgan fingerprint density at radius 2 is 0.717 bits per heavy atom. The van der Waals surface area contributed by atoms with Gasteiger partial charge in [0, 0.05) is 16.3 Å². The van der Waals surface area contributed by atoms with Gasteiger partial charge in [-0.1, -0.05) is 152 Å². The number of hydrogen-bond acceptors (Lipinski definition) is 1. The number of fused-ring (bicyclic) bond motifs is 7. The van der Waals surface area contributed by atoms with E-state index >= 15 is 0 Å². The second-order valence-corrected chi connectivity index (χ2v) is 14.7. The van der Waals surface area contributed by atoms with Gasteiger partial charge >= 0.3 is 0 Å². The molecule has 0 fully saturated rings. The Bertz CT molecular complexity index is 3660. The van der Waals surface area contributed by atoms with Crippen molar-refractivity contribution >= 4 is 108 Å². The van der Waals surface area contributed by atoms with Gasteiger partial charge in [-0.2, -0.15) is 0 Å². The van der Waals surface area contributed by atoms with Crippen LogP contribution in [0.15, 0.2) is 174 Å². The molecule has 13 rings (SSSR count). The summed E-state index contributed by atoms with van der Waals surface area (Å²) in [5.41, 5.74) is 6.57. The summed E-state index contributed by atoms with van der Waals surface area (Å²) in [4.78, 5) is 0. The summed E-state index contributed by atoms with van der Waals surface area (Å²) in [7, 11) is 0. The van der Waals surface area contributed by atoms with Crippen LogP contribution < -0.4 is 0 Å². The quantitative estimate of drug-likeness (QED) is 0.132. The lowest BCUT2D eigenvalue weighted by molar-refractivity contribution is 0.670. The average molecular weight is 669 g/mol. The second-order valence-electron chi connectivity index (χ2n) is 14.7. The fourth-order valence-corrected chi connectivity index (χ4v) is 9.83. The Labute approximate surface area is 303 Å². The maximum absolute atomic E-state index is 7.09. The Morgan fingerprint density at radius 1 is 0.245 bits per heavy atom. The third kappa shape index (κ3) is 3.56. The zero-order valence-electron chi connectivity index (χ0n) is 28.6. The molecular formula is C52H28O. The monoisotopic (exact) mass is 668 g/mol. The molecule has 0 amide bonds. The molecule has 0 spiro atoms. The van der Waals surface area contributed by atoms with Crippen LogP contribution in [0.4, 0.5) is 0 Å². The SMILES string of the molecule is c1ccc2cc3c(cc2c1)oc1c(-c2ccc4c5ccccc5c5cccc6ccc2c4c65)ccc(-c2ccc4ccc5cccc6ccc2c4c56)c13. The smallest absolute Gasteiger partial charge is 0.143 e. The number of hydrogen-bond donors (Lipinski definition) is 0. The third-order valence-corrected chi connectivity index (χ3v) is 12.1. The van der Waals surface area contributed by atoms with Gasteiger partial charge in [-0.05, 0) is 121 Å². The van der Waals surface area contributed by atoms with Crippen molar-refractivity contribution in [3.63, 3.8) is 0 Å². The van der Waals surface area contributed by atoms with Crippen LogP contribution in [0.5, 0.6) is 0 Å². The van der Waals surface area contributed by atoms with E-state index in [1.165, 1.54) is 103 Å². The van der Waals surface area contributed by atoms with Crippen LogP contribution in [0.25, 0.3) is 130 Å². The lowest BCUT2D eigenvalue weighted by Crippen LogP contribution is -1.91. The summed E-state index contributed by atoms with van der Waals surface area (Å²) in [6.45, 7) is 0. The van der Waals surface area contributed by atoms with E-state index in [0.29, 0.717) is 0 Å². The van der Waals surface area contributed by atoms with Crippen molar-refractivity contribution in [2.75, 3.05) is 0 Å². The van der Waals surface area contributed by atoms with Crippen molar-refractivity contribution in [1.29, 1.82) is 0 Å². The van der Waals surface area contributed by atoms with Crippen molar-refractivity contribution in [3.05, 3.63) is 170 Å². The Kier molecular flexibility index (Phi) is 5.17. The van der Waals surface area contributed by atoms with E-state index in [2.05, 4.69) is 170 Å². The fraction of sp³-hybridized carbons (Fsp3) is 0. The zero-order chi connectivity index (χ0) is 34.4. The molecule has 1 heterocycles. The van der Waals surface area contributed by atoms with E-state index in [1.54, 1.807) is 0 Å². The highest BCUT2D eigenvalue weighted by Crippen LogP contribution is 2.49. The molecule has 0 bridgehead atoms.